The maximum Gasteiger partial charge on any atom is 0.0317 e. The van der Waals surface area contributed by atoms with E-state index in [0.717, 1.165) is 3.42 Å². The molecule has 0 N–H and O–H groups in total. The van der Waals surface area contributed by atoms with Crippen LogP contribution in [0.2, 0.25) is 0 Å². The van der Waals surface area contributed by atoms with Gasteiger partial charge < -0.3 is 0 Å². The van der Waals surface area contributed by atoms with E-state index in [1.165, 1.54) is 41.4 Å². The number of hydrogen-bond acceptors (Lipinski definition) is 0. The third-order valence-corrected chi connectivity index (χ3v) is 8.87. The van der Waals surface area contributed by atoms with Gasteiger partial charge >= 0.3 is 0 Å². The monoisotopic (exact) mass is 286 g/mol. The maximum absolute atomic E-state index is 2.92. The van der Waals surface area contributed by atoms with Crippen molar-refractivity contribution in [1.82, 2.24) is 0 Å². The van der Waals surface area contributed by atoms with Crippen molar-refractivity contribution in [3.8, 4) is 0 Å². The molecule has 6 aliphatic carbocycles. The van der Waals surface area contributed by atoms with Crippen molar-refractivity contribution in [1.29, 1.82) is 0 Å². The van der Waals surface area contributed by atoms with Gasteiger partial charge in [0.25, 0.3) is 0 Å². The lowest BCUT2D eigenvalue weighted by atomic mass is 9.71. The molecule has 0 amide bonds. The average Bonchev–Trinajstić information content (AvgIpc) is 2.79. The molecule has 6 rings (SSSR count). The molecule has 6 unspecified atom stereocenters. The van der Waals surface area contributed by atoms with Crippen molar-refractivity contribution in [2.75, 3.05) is 0 Å². The van der Waals surface area contributed by atoms with Crippen LogP contribution < -0.4 is 0 Å². The molecule has 0 radical (unpaired) electrons. The predicted octanol–water partition coefficient (Wildman–Crippen LogP) is 3.10. The zero-order valence-corrected chi connectivity index (χ0v) is 9.91. The SMILES string of the molecule is IC12C3CCC4C3C3C(CCC31)C42. The van der Waals surface area contributed by atoms with E-state index in [4.69, 9.17) is 0 Å². The van der Waals surface area contributed by atoms with Crippen molar-refractivity contribution >= 4 is 22.6 Å². The van der Waals surface area contributed by atoms with Gasteiger partial charge in [-0.15, -0.1) is 0 Å². The summed E-state index contributed by atoms with van der Waals surface area (Å²) in [5, 5.41) is 0. The van der Waals surface area contributed by atoms with Gasteiger partial charge in [-0.25, -0.2) is 0 Å². The van der Waals surface area contributed by atoms with E-state index < -0.39 is 0 Å². The minimum absolute atomic E-state index is 0.846. The van der Waals surface area contributed by atoms with Crippen LogP contribution in [0.5, 0.6) is 0 Å². The molecule has 0 nitrogen and oxygen atoms in total. The Morgan fingerprint density at radius 2 is 1.38 bits per heavy atom. The Morgan fingerprint density at radius 3 is 1.85 bits per heavy atom. The van der Waals surface area contributed by atoms with Gasteiger partial charge in [-0.1, -0.05) is 22.6 Å². The highest BCUT2D eigenvalue weighted by Crippen LogP contribution is 2.86. The first-order chi connectivity index (χ1) is 6.33. The van der Waals surface area contributed by atoms with Gasteiger partial charge in [0.05, 0.1) is 0 Å². The highest BCUT2D eigenvalue weighted by Gasteiger charge is 2.83. The Hall–Kier alpha value is 0.730. The Morgan fingerprint density at radius 1 is 0.846 bits per heavy atom. The second-order valence-corrected chi connectivity index (χ2v) is 8.07. The highest BCUT2D eigenvalue weighted by molar-refractivity contribution is 14.1. The first kappa shape index (κ1) is 7.08. The Balaban J connectivity index is 1.84. The van der Waals surface area contributed by atoms with E-state index in [2.05, 4.69) is 22.6 Å². The molecule has 70 valence electrons. The van der Waals surface area contributed by atoms with Crippen molar-refractivity contribution in [3.63, 3.8) is 0 Å². The molecule has 0 aromatic heterocycles. The molecule has 0 aliphatic heterocycles. The molecule has 1 heteroatoms. The molecule has 6 fully saturated rings. The summed E-state index contributed by atoms with van der Waals surface area (Å²) in [4.78, 5) is 0. The molecule has 6 aliphatic rings. The summed E-state index contributed by atoms with van der Waals surface area (Å²) in [6.45, 7) is 0. The molecule has 0 aromatic rings. The summed E-state index contributed by atoms with van der Waals surface area (Å²) in [6, 6.07) is 0. The summed E-state index contributed by atoms with van der Waals surface area (Å²) in [5.74, 6) is 8.49. The van der Waals surface area contributed by atoms with Crippen molar-refractivity contribution in [3.05, 3.63) is 0 Å². The van der Waals surface area contributed by atoms with E-state index in [1.807, 2.05) is 0 Å². The van der Waals surface area contributed by atoms with Crippen molar-refractivity contribution in [2.24, 2.45) is 41.4 Å². The molecular formula is C12H15I. The van der Waals surface area contributed by atoms with Gasteiger partial charge in [-0.05, 0) is 67.1 Å². The fourth-order valence-electron chi connectivity index (χ4n) is 6.83. The van der Waals surface area contributed by atoms with Gasteiger partial charge in [0.1, 0.15) is 0 Å². The summed E-state index contributed by atoms with van der Waals surface area (Å²) in [7, 11) is 0. The Labute approximate surface area is 93.0 Å². The summed E-state index contributed by atoms with van der Waals surface area (Å²) in [5.41, 5.74) is 0. The molecule has 8 bridgehead atoms. The smallest absolute Gasteiger partial charge is 0.0317 e. The van der Waals surface area contributed by atoms with Gasteiger partial charge in [0.2, 0.25) is 0 Å². The highest BCUT2D eigenvalue weighted by atomic mass is 127. The Kier molecular flexibility index (Phi) is 0.947. The molecule has 0 aromatic carbocycles. The number of rotatable bonds is 0. The van der Waals surface area contributed by atoms with Crippen LogP contribution in [0.4, 0.5) is 0 Å². The first-order valence-corrected chi connectivity index (χ1v) is 7.10. The zero-order chi connectivity index (χ0) is 8.37. The van der Waals surface area contributed by atoms with Crippen LogP contribution in [-0.2, 0) is 0 Å². The van der Waals surface area contributed by atoms with Crippen LogP contribution in [-0.4, -0.2) is 3.42 Å². The lowest BCUT2D eigenvalue weighted by molar-refractivity contribution is 0.191. The summed E-state index contributed by atoms with van der Waals surface area (Å²) >= 11 is 2.92. The lowest BCUT2D eigenvalue weighted by Crippen LogP contribution is -2.41. The molecule has 0 heterocycles. The summed E-state index contributed by atoms with van der Waals surface area (Å²) < 4.78 is 0.846. The predicted molar refractivity (Wildman–Crippen MR) is 59.6 cm³/mol. The minimum Gasteiger partial charge on any atom is -0.0779 e. The van der Waals surface area contributed by atoms with E-state index >= 15 is 0 Å². The topological polar surface area (TPSA) is 0 Å². The lowest BCUT2D eigenvalue weighted by Gasteiger charge is -2.42. The van der Waals surface area contributed by atoms with Gasteiger partial charge in [-0.3, -0.25) is 0 Å². The van der Waals surface area contributed by atoms with Crippen molar-refractivity contribution < 1.29 is 0 Å². The maximum atomic E-state index is 2.92. The molecule has 6 saturated carbocycles. The van der Waals surface area contributed by atoms with Crippen LogP contribution in [0.3, 0.4) is 0 Å². The molecule has 0 spiro atoms. The fraction of sp³-hybridized carbons (Fsp3) is 1.00. The molecular weight excluding hydrogens is 271 g/mol. The van der Waals surface area contributed by atoms with Crippen LogP contribution in [0, 0.1) is 41.4 Å². The van der Waals surface area contributed by atoms with E-state index in [0.29, 0.717) is 0 Å². The standard InChI is InChI=1S/C12H15I/c13-12-7-3-1-5-9(7)10-6(11(5)12)2-4-8(10)12/h5-11H,1-4H2. The van der Waals surface area contributed by atoms with Crippen LogP contribution in [0.25, 0.3) is 0 Å². The number of hydrogen-bond donors (Lipinski definition) is 0. The summed E-state index contributed by atoms with van der Waals surface area (Å²) in [6.07, 6.45) is 6.44. The van der Waals surface area contributed by atoms with E-state index in [-0.39, 0.29) is 0 Å². The van der Waals surface area contributed by atoms with Crippen LogP contribution in [0.15, 0.2) is 0 Å². The Bertz CT molecular complexity index is 284. The third-order valence-electron chi connectivity index (χ3n) is 6.55. The van der Waals surface area contributed by atoms with Gasteiger partial charge in [0.15, 0.2) is 0 Å². The largest absolute Gasteiger partial charge is 0.0779 e. The second kappa shape index (κ2) is 1.74. The van der Waals surface area contributed by atoms with Gasteiger partial charge in [-0.2, -0.15) is 0 Å². The van der Waals surface area contributed by atoms with E-state index in [9.17, 15) is 0 Å². The first-order valence-electron chi connectivity index (χ1n) is 6.02. The average molecular weight is 286 g/mol. The quantitative estimate of drug-likeness (QED) is 0.474. The van der Waals surface area contributed by atoms with Crippen LogP contribution >= 0.6 is 22.6 Å². The molecule has 13 heavy (non-hydrogen) atoms. The number of halogens is 1. The van der Waals surface area contributed by atoms with Crippen molar-refractivity contribution in [2.45, 2.75) is 29.1 Å². The third kappa shape index (κ3) is 0.455. The minimum atomic E-state index is 0.846. The van der Waals surface area contributed by atoms with E-state index in [1.54, 1.807) is 25.7 Å². The van der Waals surface area contributed by atoms with Gasteiger partial charge in [0, 0.05) is 3.42 Å². The molecule has 6 atom stereocenters. The van der Waals surface area contributed by atoms with Crippen LogP contribution in [0.1, 0.15) is 25.7 Å². The normalized spacial score (nSPS) is 80.5. The molecule has 0 saturated heterocycles. The fourth-order valence-corrected chi connectivity index (χ4v) is 9.21. The second-order valence-electron chi connectivity index (χ2n) is 6.20. The number of alkyl halides is 1. The zero-order valence-electron chi connectivity index (χ0n) is 7.75.